The molecule has 2 atom stereocenters. The zero-order chi connectivity index (χ0) is 11.3. The second kappa shape index (κ2) is 5.75. The summed E-state index contributed by atoms with van der Waals surface area (Å²) in [6.45, 7) is 4.95. The van der Waals surface area contributed by atoms with Crippen molar-refractivity contribution in [2.45, 2.75) is 26.3 Å². The van der Waals surface area contributed by atoms with Crippen LogP contribution in [0.4, 0.5) is 4.79 Å². The molecule has 0 aromatic rings. The zero-order valence-electron chi connectivity index (χ0n) is 9.36. The Bertz CT molecular complexity index is 239. The molecule has 1 aliphatic rings. The molecule has 4 heteroatoms. The van der Waals surface area contributed by atoms with E-state index in [9.17, 15) is 4.79 Å². The third-order valence-electron chi connectivity index (χ3n) is 2.39. The van der Waals surface area contributed by atoms with Gasteiger partial charge in [-0.3, -0.25) is 0 Å². The fraction of sp³-hybridized carbons (Fsp3) is 0.727. The van der Waals surface area contributed by atoms with Crippen LogP contribution in [0.2, 0.25) is 0 Å². The summed E-state index contributed by atoms with van der Waals surface area (Å²) >= 11 is 0. The predicted molar refractivity (Wildman–Crippen MR) is 59.5 cm³/mol. The Kier molecular flexibility index (Phi) is 4.62. The Morgan fingerprint density at radius 1 is 1.53 bits per heavy atom. The monoisotopic (exact) mass is 212 g/mol. The average Bonchev–Trinajstić information content (AvgIpc) is 2.62. The molecule has 0 saturated heterocycles. The van der Waals surface area contributed by atoms with Crippen molar-refractivity contribution in [2.75, 3.05) is 13.2 Å². The number of urea groups is 1. The normalized spacial score (nSPS) is 24.5. The topological polar surface area (TPSA) is 61.4 Å². The number of aliphatic hydroxyl groups excluding tert-OH is 1. The van der Waals surface area contributed by atoms with Crippen LogP contribution in [0.5, 0.6) is 0 Å². The first-order chi connectivity index (χ1) is 7.11. The Morgan fingerprint density at radius 2 is 2.27 bits per heavy atom. The Morgan fingerprint density at radius 3 is 2.80 bits per heavy atom. The number of rotatable bonds is 4. The maximum absolute atomic E-state index is 11.4. The molecule has 0 spiro atoms. The summed E-state index contributed by atoms with van der Waals surface area (Å²) in [6, 6.07) is -0.0637. The van der Waals surface area contributed by atoms with Gasteiger partial charge in [0.15, 0.2) is 0 Å². The SMILES string of the molecule is CC(C)CNC(=O)N[C@@H]1C=C[C@H](CO)C1. The van der Waals surface area contributed by atoms with Crippen molar-refractivity contribution in [3.05, 3.63) is 12.2 Å². The molecule has 0 heterocycles. The lowest BCUT2D eigenvalue weighted by atomic mass is 10.1. The van der Waals surface area contributed by atoms with E-state index in [0.717, 1.165) is 6.42 Å². The molecular weight excluding hydrogens is 192 g/mol. The second-order valence-corrected chi connectivity index (χ2v) is 4.42. The summed E-state index contributed by atoms with van der Waals surface area (Å²) in [7, 11) is 0. The van der Waals surface area contributed by atoms with E-state index in [-0.39, 0.29) is 24.6 Å². The van der Waals surface area contributed by atoms with Crippen LogP contribution in [0.1, 0.15) is 20.3 Å². The maximum atomic E-state index is 11.4. The summed E-state index contributed by atoms with van der Waals surface area (Å²) < 4.78 is 0. The Hall–Kier alpha value is -1.03. The van der Waals surface area contributed by atoms with Gasteiger partial charge in [-0.25, -0.2) is 4.79 Å². The first-order valence-corrected chi connectivity index (χ1v) is 5.45. The van der Waals surface area contributed by atoms with Gasteiger partial charge in [0, 0.05) is 25.1 Å². The number of hydrogen-bond donors (Lipinski definition) is 3. The van der Waals surface area contributed by atoms with E-state index < -0.39 is 0 Å². The molecule has 1 rings (SSSR count). The molecule has 4 nitrogen and oxygen atoms in total. The second-order valence-electron chi connectivity index (χ2n) is 4.42. The highest BCUT2D eigenvalue weighted by molar-refractivity contribution is 5.74. The van der Waals surface area contributed by atoms with Crippen molar-refractivity contribution >= 4 is 6.03 Å². The largest absolute Gasteiger partial charge is 0.396 e. The maximum Gasteiger partial charge on any atom is 0.315 e. The standard InChI is InChI=1S/C11H20N2O2/c1-8(2)6-12-11(15)13-10-4-3-9(5-10)7-14/h3-4,8-10,14H,5-7H2,1-2H3,(H2,12,13,15)/t9-,10+/m0/s1. The lowest BCUT2D eigenvalue weighted by Gasteiger charge is -2.14. The van der Waals surface area contributed by atoms with Crippen LogP contribution in [-0.2, 0) is 0 Å². The van der Waals surface area contributed by atoms with E-state index in [1.54, 1.807) is 0 Å². The molecule has 86 valence electrons. The minimum atomic E-state index is -0.128. The zero-order valence-corrected chi connectivity index (χ0v) is 9.36. The first kappa shape index (κ1) is 12.0. The lowest BCUT2D eigenvalue weighted by Crippen LogP contribution is -2.42. The van der Waals surface area contributed by atoms with Crippen LogP contribution in [-0.4, -0.2) is 30.3 Å². The smallest absolute Gasteiger partial charge is 0.315 e. The van der Waals surface area contributed by atoms with Gasteiger partial charge in [0.05, 0.1) is 0 Å². The predicted octanol–water partition coefficient (Wildman–Crippen LogP) is 0.879. The van der Waals surface area contributed by atoms with Crippen LogP contribution in [0.15, 0.2) is 12.2 Å². The van der Waals surface area contributed by atoms with Crippen molar-refractivity contribution in [3.8, 4) is 0 Å². The fourth-order valence-corrected chi connectivity index (χ4v) is 1.53. The molecule has 3 N–H and O–H groups in total. The minimum absolute atomic E-state index is 0.0642. The summed E-state index contributed by atoms with van der Waals surface area (Å²) in [5.41, 5.74) is 0. The van der Waals surface area contributed by atoms with E-state index in [2.05, 4.69) is 24.5 Å². The van der Waals surface area contributed by atoms with Gasteiger partial charge in [-0.2, -0.15) is 0 Å². The first-order valence-electron chi connectivity index (χ1n) is 5.45. The highest BCUT2D eigenvalue weighted by Crippen LogP contribution is 2.16. The lowest BCUT2D eigenvalue weighted by molar-refractivity contribution is 0.230. The number of carbonyl (C=O) groups excluding carboxylic acids is 1. The Balaban J connectivity index is 2.19. The van der Waals surface area contributed by atoms with Gasteiger partial charge < -0.3 is 15.7 Å². The molecule has 0 aromatic carbocycles. The van der Waals surface area contributed by atoms with Crippen LogP contribution in [0.25, 0.3) is 0 Å². The molecule has 2 amide bonds. The molecule has 0 unspecified atom stereocenters. The van der Waals surface area contributed by atoms with E-state index in [4.69, 9.17) is 5.11 Å². The quantitative estimate of drug-likeness (QED) is 0.606. The third-order valence-corrected chi connectivity index (χ3v) is 2.39. The molecule has 0 aromatic heterocycles. The molecule has 0 saturated carbocycles. The number of nitrogens with one attached hydrogen (secondary N) is 2. The molecule has 0 radical (unpaired) electrons. The fourth-order valence-electron chi connectivity index (χ4n) is 1.53. The van der Waals surface area contributed by atoms with Gasteiger partial charge >= 0.3 is 6.03 Å². The molecular formula is C11H20N2O2. The average molecular weight is 212 g/mol. The van der Waals surface area contributed by atoms with Crippen molar-refractivity contribution in [1.29, 1.82) is 0 Å². The van der Waals surface area contributed by atoms with E-state index in [1.807, 2.05) is 12.2 Å². The summed E-state index contributed by atoms with van der Waals surface area (Å²) in [4.78, 5) is 11.4. The van der Waals surface area contributed by atoms with Gasteiger partial charge in [-0.05, 0) is 12.3 Å². The number of amides is 2. The number of aliphatic hydroxyl groups is 1. The van der Waals surface area contributed by atoms with E-state index >= 15 is 0 Å². The van der Waals surface area contributed by atoms with Gasteiger partial charge in [-0.1, -0.05) is 26.0 Å². The van der Waals surface area contributed by atoms with Crippen LogP contribution in [0.3, 0.4) is 0 Å². The van der Waals surface area contributed by atoms with Gasteiger partial charge in [-0.15, -0.1) is 0 Å². The van der Waals surface area contributed by atoms with Crippen molar-refractivity contribution in [1.82, 2.24) is 10.6 Å². The van der Waals surface area contributed by atoms with Crippen LogP contribution >= 0.6 is 0 Å². The summed E-state index contributed by atoms with van der Waals surface area (Å²) in [6.07, 6.45) is 4.69. The Labute approximate surface area is 90.7 Å². The van der Waals surface area contributed by atoms with Gasteiger partial charge in [0.25, 0.3) is 0 Å². The van der Waals surface area contributed by atoms with Crippen molar-refractivity contribution in [3.63, 3.8) is 0 Å². The van der Waals surface area contributed by atoms with Gasteiger partial charge in [0.1, 0.15) is 0 Å². The molecule has 15 heavy (non-hydrogen) atoms. The van der Waals surface area contributed by atoms with Gasteiger partial charge in [0.2, 0.25) is 0 Å². The summed E-state index contributed by atoms with van der Waals surface area (Å²) in [5, 5.41) is 14.6. The molecule has 0 fully saturated rings. The molecule has 0 bridgehead atoms. The highest BCUT2D eigenvalue weighted by atomic mass is 16.3. The minimum Gasteiger partial charge on any atom is -0.396 e. The number of carbonyl (C=O) groups is 1. The van der Waals surface area contributed by atoms with Crippen LogP contribution in [0, 0.1) is 11.8 Å². The molecule has 0 aliphatic heterocycles. The third kappa shape index (κ3) is 4.34. The van der Waals surface area contributed by atoms with E-state index in [1.165, 1.54) is 0 Å². The van der Waals surface area contributed by atoms with Crippen molar-refractivity contribution < 1.29 is 9.90 Å². The van der Waals surface area contributed by atoms with E-state index in [0.29, 0.717) is 12.5 Å². The highest BCUT2D eigenvalue weighted by Gasteiger charge is 2.19. The van der Waals surface area contributed by atoms with Crippen molar-refractivity contribution in [2.24, 2.45) is 11.8 Å². The summed E-state index contributed by atoms with van der Waals surface area (Å²) in [5.74, 6) is 0.653. The number of hydrogen-bond acceptors (Lipinski definition) is 2. The van der Waals surface area contributed by atoms with Crippen LogP contribution < -0.4 is 10.6 Å². The molecule has 1 aliphatic carbocycles.